The molecule has 4 rings (SSSR count). The molecule has 0 radical (unpaired) electrons. The lowest BCUT2D eigenvalue weighted by Crippen LogP contribution is -2.17. The predicted molar refractivity (Wildman–Crippen MR) is 123 cm³/mol. The van der Waals surface area contributed by atoms with Crippen LogP contribution in [0.3, 0.4) is 0 Å². The van der Waals surface area contributed by atoms with Gasteiger partial charge in [-0.05, 0) is 31.2 Å². The van der Waals surface area contributed by atoms with Gasteiger partial charge in [0.15, 0.2) is 6.61 Å². The maximum absolute atomic E-state index is 12.8. The van der Waals surface area contributed by atoms with Gasteiger partial charge in [0.25, 0.3) is 0 Å². The first-order valence-corrected chi connectivity index (χ1v) is 11.7. The van der Waals surface area contributed by atoms with Crippen molar-refractivity contribution in [2.24, 2.45) is 0 Å². The molecular weight excluding hydrogens is 475 g/mol. The molecule has 1 aliphatic rings. The van der Waals surface area contributed by atoms with Crippen molar-refractivity contribution in [2.75, 3.05) is 30.5 Å². The van der Waals surface area contributed by atoms with E-state index in [1.54, 1.807) is 17.8 Å². The van der Waals surface area contributed by atoms with Gasteiger partial charge in [-0.15, -0.1) is 23.1 Å². The number of aromatic nitrogens is 1. The number of thioether (sulfide) groups is 1. The van der Waals surface area contributed by atoms with Gasteiger partial charge in [0.2, 0.25) is 0 Å². The maximum Gasteiger partial charge on any atom is 0.416 e. The van der Waals surface area contributed by atoms with Crippen molar-refractivity contribution in [3.63, 3.8) is 0 Å². The number of carboxylic acids is 1. The van der Waals surface area contributed by atoms with Crippen molar-refractivity contribution in [1.82, 2.24) is 4.98 Å². The van der Waals surface area contributed by atoms with Gasteiger partial charge in [0, 0.05) is 28.1 Å². The number of alkyl halides is 3. The van der Waals surface area contributed by atoms with Gasteiger partial charge in [-0.3, -0.25) is 0 Å². The summed E-state index contributed by atoms with van der Waals surface area (Å²) in [5, 5.41) is 12.9. The van der Waals surface area contributed by atoms with Crippen LogP contribution in [-0.2, 0) is 16.7 Å². The number of nitrogens with one attached hydrogen (secondary N) is 1. The summed E-state index contributed by atoms with van der Waals surface area (Å²) in [6.07, 6.45) is -4.37. The lowest BCUT2D eigenvalue weighted by atomic mass is 10.1. The first-order chi connectivity index (χ1) is 15.6. The number of halogens is 3. The van der Waals surface area contributed by atoms with Crippen molar-refractivity contribution >= 4 is 40.4 Å². The van der Waals surface area contributed by atoms with Crippen LogP contribution in [0, 0.1) is 6.92 Å². The second-order valence-corrected chi connectivity index (χ2v) is 9.49. The van der Waals surface area contributed by atoms with Gasteiger partial charge in [-0.1, -0.05) is 12.1 Å². The second kappa shape index (κ2) is 9.14. The monoisotopic (exact) mass is 495 g/mol. The van der Waals surface area contributed by atoms with Crippen LogP contribution in [0.5, 0.6) is 5.75 Å². The highest BCUT2D eigenvalue weighted by Gasteiger charge is 2.30. The van der Waals surface area contributed by atoms with E-state index < -0.39 is 24.3 Å². The zero-order valence-electron chi connectivity index (χ0n) is 17.7. The van der Waals surface area contributed by atoms with Crippen LogP contribution >= 0.6 is 23.1 Å². The van der Waals surface area contributed by atoms with Gasteiger partial charge >= 0.3 is 12.1 Å². The maximum atomic E-state index is 12.8. The molecule has 3 aromatic rings. The van der Waals surface area contributed by atoms with Crippen LogP contribution in [0.1, 0.15) is 16.1 Å². The number of carboxylic acid groups (broad SMARTS) is 1. The molecule has 174 valence electrons. The summed E-state index contributed by atoms with van der Waals surface area (Å²) in [7, 11) is 1.89. The third-order valence-corrected chi connectivity index (χ3v) is 7.51. The summed E-state index contributed by atoms with van der Waals surface area (Å²) in [6, 6.07) is 8.68. The summed E-state index contributed by atoms with van der Waals surface area (Å²) in [4.78, 5) is 19.4. The molecule has 0 fully saturated rings. The molecule has 0 spiro atoms. The lowest BCUT2D eigenvalue weighted by molar-refractivity contribution is -0.139. The average molecular weight is 496 g/mol. The fourth-order valence-electron chi connectivity index (χ4n) is 3.39. The van der Waals surface area contributed by atoms with Crippen molar-refractivity contribution < 1.29 is 27.8 Å². The molecule has 0 unspecified atom stereocenters. The van der Waals surface area contributed by atoms with E-state index in [-0.39, 0.29) is 0 Å². The number of thiazole rings is 1. The fraction of sp³-hybridized carbons (Fsp3) is 0.273. The Bertz CT molecular complexity index is 1180. The molecule has 0 amide bonds. The summed E-state index contributed by atoms with van der Waals surface area (Å²) in [6.45, 7) is 2.05. The molecule has 0 bridgehead atoms. The van der Waals surface area contributed by atoms with E-state index in [4.69, 9.17) is 9.84 Å². The Morgan fingerprint density at radius 3 is 2.67 bits per heavy atom. The number of rotatable bonds is 7. The Morgan fingerprint density at radius 1 is 1.27 bits per heavy atom. The number of benzene rings is 2. The first-order valence-electron chi connectivity index (χ1n) is 9.87. The Balaban J connectivity index is 1.51. The van der Waals surface area contributed by atoms with E-state index in [1.165, 1.54) is 23.5 Å². The smallest absolute Gasteiger partial charge is 0.416 e. The number of aliphatic carboxylic acids is 1. The van der Waals surface area contributed by atoms with Crippen molar-refractivity contribution in [3.8, 4) is 16.3 Å². The number of anilines is 2. The molecule has 0 saturated heterocycles. The quantitative estimate of drug-likeness (QED) is 0.407. The highest BCUT2D eigenvalue weighted by atomic mass is 32.2. The first kappa shape index (κ1) is 23.2. The Kier molecular flexibility index (Phi) is 6.44. The minimum absolute atomic E-state index is 0.417. The zero-order valence-corrected chi connectivity index (χ0v) is 19.3. The Hall–Kier alpha value is -2.92. The highest BCUT2D eigenvalue weighted by molar-refractivity contribution is 7.98. The molecule has 0 atom stereocenters. The van der Waals surface area contributed by atoms with Crippen LogP contribution in [0.2, 0.25) is 0 Å². The number of ether oxygens (including phenoxy) is 1. The molecule has 33 heavy (non-hydrogen) atoms. The third-order valence-electron chi connectivity index (χ3n) is 5.04. The standard InChI is InChI=1S/C22H20F3N3O3S2/c1-12-17(33-21(27-12)13-3-5-14(6-4-13)22(23,24)25)10-32-16-8-7-15(31-9-18(29)30)20-19(16)26-11-28(20)2/h3-8,26H,9-11H2,1-2H3,(H,29,30). The third kappa shape index (κ3) is 5.03. The number of aryl methyl sites for hydroxylation is 1. The topological polar surface area (TPSA) is 74.7 Å². The molecule has 1 aliphatic heterocycles. The van der Waals surface area contributed by atoms with Gasteiger partial charge in [0.1, 0.15) is 16.4 Å². The second-order valence-electron chi connectivity index (χ2n) is 7.39. The summed E-state index contributed by atoms with van der Waals surface area (Å²) in [5.74, 6) is 0.0975. The molecule has 11 heteroatoms. The van der Waals surface area contributed by atoms with Crippen LogP contribution in [0.15, 0.2) is 41.3 Å². The van der Waals surface area contributed by atoms with Crippen molar-refractivity contribution in [3.05, 3.63) is 52.5 Å². The number of nitrogens with zero attached hydrogens (tertiary/aromatic N) is 2. The van der Waals surface area contributed by atoms with E-state index in [9.17, 15) is 18.0 Å². The van der Waals surface area contributed by atoms with Crippen LogP contribution < -0.4 is 15.0 Å². The van der Waals surface area contributed by atoms with Crippen LogP contribution in [-0.4, -0.2) is 36.4 Å². The van der Waals surface area contributed by atoms with E-state index in [0.717, 1.165) is 39.0 Å². The summed E-state index contributed by atoms with van der Waals surface area (Å²) < 4.78 is 43.9. The Labute approximate surface area is 196 Å². The molecule has 2 heterocycles. The largest absolute Gasteiger partial charge is 0.480 e. The predicted octanol–water partition coefficient (Wildman–Crippen LogP) is 5.71. The zero-order chi connectivity index (χ0) is 23.8. The van der Waals surface area contributed by atoms with Crippen LogP contribution in [0.25, 0.3) is 10.6 Å². The van der Waals surface area contributed by atoms with Gasteiger partial charge in [-0.2, -0.15) is 13.2 Å². The summed E-state index contributed by atoms with van der Waals surface area (Å²) in [5.41, 5.74) is 2.50. The van der Waals surface area contributed by atoms with Gasteiger partial charge in [-0.25, -0.2) is 9.78 Å². The van der Waals surface area contributed by atoms with Crippen molar-refractivity contribution in [2.45, 2.75) is 23.7 Å². The molecule has 1 aromatic heterocycles. The molecule has 0 saturated carbocycles. The number of fused-ring (bicyclic) bond motifs is 1. The van der Waals surface area contributed by atoms with Gasteiger partial charge < -0.3 is 20.1 Å². The molecule has 2 aromatic carbocycles. The minimum atomic E-state index is -4.37. The normalized spacial score (nSPS) is 13.1. The van der Waals surface area contributed by atoms with E-state index >= 15 is 0 Å². The highest BCUT2D eigenvalue weighted by Crippen LogP contribution is 2.46. The summed E-state index contributed by atoms with van der Waals surface area (Å²) >= 11 is 3.06. The lowest BCUT2D eigenvalue weighted by Gasteiger charge is -2.16. The van der Waals surface area contributed by atoms with Crippen LogP contribution in [0.4, 0.5) is 24.5 Å². The Morgan fingerprint density at radius 2 is 2.00 bits per heavy atom. The number of hydrogen-bond acceptors (Lipinski definition) is 7. The van der Waals surface area contributed by atoms with E-state index in [2.05, 4.69) is 10.3 Å². The fourth-order valence-corrected chi connectivity index (χ4v) is 5.64. The molecule has 2 N–H and O–H groups in total. The minimum Gasteiger partial charge on any atom is -0.480 e. The van der Waals surface area contributed by atoms with Crippen molar-refractivity contribution in [1.29, 1.82) is 0 Å². The molecule has 6 nitrogen and oxygen atoms in total. The van der Waals surface area contributed by atoms with Gasteiger partial charge in [0.05, 0.1) is 23.6 Å². The molecular formula is C22H20F3N3O3S2. The van der Waals surface area contributed by atoms with E-state index in [1.807, 2.05) is 24.9 Å². The SMILES string of the molecule is Cc1nc(-c2ccc(C(F)(F)F)cc2)sc1CSc1ccc(OCC(=O)O)c2c1NCN2C. The number of carbonyl (C=O) groups is 1. The van der Waals surface area contributed by atoms with E-state index in [0.29, 0.717) is 28.7 Å². The number of hydrogen-bond donors (Lipinski definition) is 2. The average Bonchev–Trinajstić information content (AvgIpc) is 3.34. The molecule has 0 aliphatic carbocycles.